The lowest BCUT2D eigenvalue weighted by Gasteiger charge is -2.29. The van der Waals surface area contributed by atoms with Gasteiger partial charge in [0, 0.05) is 30.1 Å². The van der Waals surface area contributed by atoms with Crippen LogP contribution in [0, 0.1) is 0 Å². The van der Waals surface area contributed by atoms with Crippen LogP contribution in [0.1, 0.15) is 61.3 Å². The second kappa shape index (κ2) is 9.47. The van der Waals surface area contributed by atoms with Crippen molar-refractivity contribution in [2.24, 2.45) is 0 Å². The second-order valence-electron chi connectivity index (χ2n) is 8.06. The second-order valence-corrected chi connectivity index (χ2v) is 9.80. The van der Waals surface area contributed by atoms with Crippen LogP contribution in [-0.4, -0.2) is 61.5 Å². The molecule has 0 aliphatic carbocycles. The Morgan fingerprint density at radius 2 is 1.93 bits per heavy atom. The molecule has 1 aromatic rings. The van der Waals surface area contributed by atoms with Crippen molar-refractivity contribution in [3.05, 3.63) is 23.3 Å². The van der Waals surface area contributed by atoms with Crippen LogP contribution in [0.3, 0.4) is 0 Å². The molecular weight excluding hydrogens is 404 g/mol. The molecule has 0 saturated carbocycles. The van der Waals surface area contributed by atoms with Crippen molar-refractivity contribution in [2.75, 3.05) is 34.0 Å². The third-order valence-corrected chi connectivity index (χ3v) is 7.09. The third kappa shape index (κ3) is 4.12. The lowest BCUT2D eigenvalue weighted by Crippen LogP contribution is -2.52. The van der Waals surface area contributed by atoms with Gasteiger partial charge in [0.1, 0.15) is 11.4 Å². The molecule has 30 heavy (non-hydrogen) atoms. The fourth-order valence-electron chi connectivity index (χ4n) is 4.09. The average Bonchev–Trinajstić information content (AvgIpc) is 3.15. The van der Waals surface area contributed by atoms with Crippen molar-refractivity contribution in [3.63, 3.8) is 0 Å². The molecular formula is C22H32N2O5S. The highest BCUT2D eigenvalue weighted by molar-refractivity contribution is 8.01. The highest BCUT2D eigenvalue weighted by Crippen LogP contribution is 2.58. The van der Waals surface area contributed by atoms with E-state index < -0.39 is 10.8 Å². The van der Waals surface area contributed by atoms with E-state index in [2.05, 4.69) is 12.2 Å². The smallest absolute Gasteiger partial charge is 0.260 e. The molecule has 2 aliphatic heterocycles. The molecule has 166 valence electrons. The molecule has 0 spiro atoms. The number of hydrogen-bond acceptors (Lipinski definition) is 6. The summed E-state index contributed by atoms with van der Waals surface area (Å²) in [6.07, 6.45) is 2.90. The largest absolute Gasteiger partial charge is 0.493 e. The predicted octanol–water partition coefficient (Wildman–Crippen LogP) is 3.38. The lowest BCUT2D eigenvalue weighted by atomic mass is 10.0. The maximum absolute atomic E-state index is 13.4. The van der Waals surface area contributed by atoms with E-state index in [-0.39, 0.29) is 17.2 Å². The van der Waals surface area contributed by atoms with Crippen LogP contribution in [0.2, 0.25) is 0 Å². The van der Waals surface area contributed by atoms with Gasteiger partial charge < -0.3 is 24.4 Å². The first-order chi connectivity index (χ1) is 14.4. The van der Waals surface area contributed by atoms with E-state index in [9.17, 15) is 9.59 Å². The summed E-state index contributed by atoms with van der Waals surface area (Å²) in [5.74, 6) is 0.623. The van der Waals surface area contributed by atoms with Gasteiger partial charge in [-0.3, -0.25) is 9.59 Å². The number of rotatable bonds is 10. The topological polar surface area (TPSA) is 77.1 Å². The minimum atomic E-state index is -0.566. The Morgan fingerprint density at radius 1 is 1.20 bits per heavy atom. The number of carbonyl (C=O) groups is 2. The van der Waals surface area contributed by atoms with Crippen molar-refractivity contribution in [1.82, 2.24) is 10.2 Å². The van der Waals surface area contributed by atoms with Crippen LogP contribution in [0.25, 0.3) is 0 Å². The van der Waals surface area contributed by atoms with Gasteiger partial charge in [-0.15, -0.1) is 11.8 Å². The zero-order chi connectivity index (χ0) is 21.9. The molecule has 1 N–H and O–H groups in total. The SMILES string of the molecule is CCCCOCCCNC(=O)[C@H]1N2C(=O)c3c(ccc(OC)c3OC)[C@@H]2SC1(C)C. The van der Waals surface area contributed by atoms with Gasteiger partial charge in [-0.1, -0.05) is 19.4 Å². The highest BCUT2D eigenvalue weighted by atomic mass is 32.2. The van der Waals surface area contributed by atoms with Gasteiger partial charge in [-0.05, 0) is 32.8 Å². The number of nitrogens with one attached hydrogen (secondary N) is 1. The van der Waals surface area contributed by atoms with Gasteiger partial charge in [-0.25, -0.2) is 0 Å². The quantitative estimate of drug-likeness (QED) is 0.567. The standard InChI is InChI=1S/C22H32N2O5S/c1-6-7-12-29-13-8-11-23-19(25)18-22(2,3)30-21-14-9-10-15(27-4)17(28-5)16(14)20(26)24(18)21/h9-10,18,21H,6-8,11-13H2,1-5H3,(H,23,25)/t18-,21+/m1/s1. The Kier molecular flexibility index (Phi) is 7.18. The zero-order valence-corrected chi connectivity index (χ0v) is 19.3. The molecule has 7 nitrogen and oxygen atoms in total. The van der Waals surface area contributed by atoms with Crippen LogP contribution >= 0.6 is 11.8 Å². The monoisotopic (exact) mass is 436 g/mol. The summed E-state index contributed by atoms with van der Waals surface area (Å²) < 4.78 is 16.0. The Balaban J connectivity index is 1.73. The molecule has 0 unspecified atom stereocenters. The van der Waals surface area contributed by atoms with Crippen LogP contribution in [0.4, 0.5) is 0 Å². The zero-order valence-electron chi connectivity index (χ0n) is 18.4. The number of thioether (sulfide) groups is 1. The number of fused-ring (bicyclic) bond motifs is 3. The van der Waals surface area contributed by atoms with E-state index in [1.54, 1.807) is 23.8 Å². The summed E-state index contributed by atoms with van der Waals surface area (Å²) in [5.41, 5.74) is 1.36. The Labute approximate surface area is 182 Å². The molecule has 2 atom stereocenters. The minimum Gasteiger partial charge on any atom is -0.493 e. The van der Waals surface area contributed by atoms with Crippen LogP contribution < -0.4 is 14.8 Å². The predicted molar refractivity (Wildman–Crippen MR) is 117 cm³/mol. The maximum atomic E-state index is 13.4. The minimum absolute atomic E-state index is 0.129. The number of carbonyl (C=O) groups excluding carboxylic acids is 2. The number of unbranched alkanes of at least 4 members (excludes halogenated alkanes) is 1. The first kappa shape index (κ1) is 22.7. The van der Waals surface area contributed by atoms with Crippen molar-refractivity contribution in [1.29, 1.82) is 0 Å². The highest BCUT2D eigenvalue weighted by Gasteiger charge is 2.58. The van der Waals surface area contributed by atoms with E-state index in [1.807, 2.05) is 26.0 Å². The van der Waals surface area contributed by atoms with Gasteiger partial charge in [0.25, 0.3) is 5.91 Å². The maximum Gasteiger partial charge on any atom is 0.260 e. The number of ether oxygens (including phenoxy) is 3. The lowest BCUT2D eigenvalue weighted by molar-refractivity contribution is -0.126. The number of hydrogen-bond donors (Lipinski definition) is 1. The van der Waals surface area contributed by atoms with Crippen LogP contribution in [-0.2, 0) is 9.53 Å². The van der Waals surface area contributed by atoms with E-state index in [4.69, 9.17) is 14.2 Å². The normalized spacial score (nSPS) is 21.4. The molecule has 0 bridgehead atoms. The fourth-order valence-corrected chi connectivity index (χ4v) is 5.67. The van der Waals surface area contributed by atoms with E-state index in [1.165, 1.54) is 7.11 Å². The molecule has 8 heteroatoms. The third-order valence-electron chi connectivity index (χ3n) is 5.55. The van der Waals surface area contributed by atoms with Crippen molar-refractivity contribution < 1.29 is 23.8 Å². The van der Waals surface area contributed by atoms with Crippen molar-refractivity contribution in [3.8, 4) is 11.5 Å². The summed E-state index contributed by atoms with van der Waals surface area (Å²) in [5, 5.41) is 2.79. The molecule has 0 radical (unpaired) electrons. The summed E-state index contributed by atoms with van der Waals surface area (Å²) in [4.78, 5) is 28.2. The molecule has 3 rings (SSSR count). The van der Waals surface area contributed by atoms with Crippen LogP contribution in [0.15, 0.2) is 12.1 Å². The molecule has 1 aromatic carbocycles. The first-order valence-electron chi connectivity index (χ1n) is 10.5. The Bertz CT molecular complexity index is 798. The number of nitrogens with zero attached hydrogens (tertiary/aromatic N) is 1. The fraction of sp³-hybridized carbons (Fsp3) is 0.636. The molecule has 0 aromatic heterocycles. The van der Waals surface area contributed by atoms with Gasteiger partial charge in [-0.2, -0.15) is 0 Å². The van der Waals surface area contributed by atoms with E-state index >= 15 is 0 Å². The Morgan fingerprint density at radius 3 is 2.60 bits per heavy atom. The van der Waals surface area contributed by atoms with Crippen LogP contribution in [0.5, 0.6) is 11.5 Å². The summed E-state index contributed by atoms with van der Waals surface area (Å²) in [6, 6.07) is 3.15. The van der Waals surface area contributed by atoms with Crippen molar-refractivity contribution in [2.45, 2.75) is 56.2 Å². The first-order valence-corrected chi connectivity index (χ1v) is 11.4. The van der Waals surface area contributed by atoms with Gasteiger partial charge in [0.2, 0.25) is 5.91 Å². The number of amides is 2. The van der Waals surface area contributed by atoms with Gasteiger partial charge >= 0.3 is 0 Å². The molecule has 2 heterocycles. The summed E-state index contributed by atoms with van der Waals surface area (Å²) >= 11 is 1.63. The molecule has 1 fully saturated rings. The summed E-state index contributed by atoms with van der Waals surface area (Å²) in [7, 11) is 3.07. The average molecular weight is 437 g/mol. The van der Waals surface area contributed by atoms with E-state index in [0.717, 1.165) is 31.4 Å². The number of methoxy groups -OCH3 is 2. The van der Waals surface area contributed by atoms with Gasteiger partial charge in [0.15, 0.2) is 11.5 Å². The number of benzene rings is 1. The molecule has 2 amide bonds. The van der Waals surface area contributed by atoms with E-state index in [0.29, 0.717) is 30.2 Å². The van der Waals surface area contributed by atoms with Crippen molar-refractivity contribution >= 4 is 23.6 Å². The van der Waals surface area contributed by atoms with Gasteiger partial charge in [0.05, 0.1) is 19.8 Å². The molecule has 2 aliphatic rings. The summed E-state index contributed by atoms with van der Waals surface area (Å²) in [6.45, 7) is 8.06. The molecule has 1 saturated heterocycles. The Hall–Kier alpha value is -1.93.